The van der Waals surface area contributed by atoms with Crippen LogP contribution in [0.1, 0.15) is 24.4 Å². The van der Waals surface area contributed by atoms with Crippen LogP contribution in [0.25, 0.3) is 0 Å². The van der Waals surface area contributed by atoms with E-state index in [0.29, 0.717) is 28.5 Å². The number of nitrogens with zero attached hydrogens (tertiary/aromatic N) is 2. The first-order valence-corrected chi connectivity index (χ1v) is 7.08. The Morgan fingerprint density at radius 1 is 1.33 bits per heavy atom. The molecule has 21 heavy (non-hydrogen) atoms. The van der Waals surface area contributed by atoms with Crippen molar-refractivity contribution in [3.63, 3.8) is 0 Å². The van der Waals surface area contributed by atoms with Crippen molar-refractivity contribution >= 4 is 11.6 Å². The van der Waals surface area contributed by atoms with E-state index in [9.17, 15) is 5.11 Å². The number of aromatic nitrogens is 2. The van der Waals surface area contributed by atoms with E-state index in [4.69, 9.17) is 21.1 Å². The molecule has 114 valence electrons. The summed E-state index contributed by atoms with van der Waals surface area (Å²) in [4.78, 5) is 4.26. The fourth-order valence-electron chi connectivity index (χ4n) is 2.26. The lowest BCUT2D eigenvalue weighted by molar-refractivity contribution is 0.174. The molecule has 0 saturated carbocycles. The zero-order valence-electron chi connectivity index (χ0n) is 12.3. The quantitative estimate of drug-likeness (QED) is 0.891. The summed E-state index contributed by atoms with van der Waals surface area (Å²) >= 11 is 6.31. The summed E-state index contributed by atoms with van der Waals surface area (Å²) < 4.78 is 12.4. The van der Waals surface area contributed by atoms with Gasteiger partial charge in [-0.2, -0.15) is 0 Å². The van der Waals surface area contributed by atoms with Crippen LogP contribution in [-0.2, 0) is 13.0 Å². The van der Waals surface area contributed by atoms with Gasteiger partial charge in [0.1, 0.15) is 5.82 Å². The molecular weight excluding hydrogens is 292 g/mol. The number of rotatable bonds is 6. The molecule has 0 aliphatic carbocycles. The van der Waals surface area contributed by atoms with Crippen LogP contribution in [0.3, 0.4) is 0 Å². The molecule has 0 fully saturated rings. The summed E-state index contributed by atoms with van der Waals surface area (Å²) in [5.74, 6) is 1.78. The second-order valence-electron chi connectivity index (χ2n) is 4.55. The second kappa shape index (κ2) is 6.83. The lowest BCUT2D eigenvalue weighted by Gasteiger charge is -2.17. The van der Waals surface area contributed by atoms with Crippen LogP contribution in [0.5, 0.6) is 11.5 Å². The highest BCUT2D eigenvalue weighted by atomic mass is 35.5. The van der Waals surface area contributed by atoms with Crippen LogP contribution >= 0.6 is 11.6 Å². The van der Waals surface area contributed by atoms with Gasteiger partial charge in [0.15, 0.2) is 11.5 Å². The Balaban J connectivity index is 2.29. The number of aryl methyl sites for hydroxylation is 1. The maximum Gasteiger partial charge on any atom is 0.179 e. The van der Waals surface area contributed by atoms with Crippen LogP contribution in [0.2, 0.25) is 5.02 Å². The second-order valence-corrected chi connectivity index (χ2v) is 4.93. The number of methoxy groups -OCH3 is 2. The SMILES string of the molecule is CCn1ccnc1CC(O)c1ccc(OC)c(OC)c1Cl. The maximum atomic E-state index is 10.4. The highest BCUT2D eigenvalue weighted by molar-refractivity contribution is 6.33. The van der Waals surface area contributed by atoms with Gasteiger partial charge in [-0.1, -0.05) is 17.7 Å². The van der Waals surface area contributed by atoms with Crippen molar-refractivity contribution in [1.82, 2.24) is 9.55 Å². The average Bonchev–Trinajstić information content (AvgIpc) is 2.93. The van der Waals surface area contributed by atoms with E-state index in [2.05, 4.69) is 4.98 Å². The van der Waals surface area contributed by atoms with E-state index in [-0.39, 0.29) is 0 Å². The molecule has 0 saturated heterocycles. The van der Waals surface area contributed by atoms with E-state index in [1.54, 1.807) is 25.4 Å². The van der Waals surface area contributed by atoms with Gasteiger partial charge in [-0.15, -0.1) is 0 Å². The summed E-state index contributed by atoms with van der Waals surface area (Å²) in [5, 5.41) is 10.8. The highest BCUT2D eigenvalue weighted by Gasteiger charge is 2.20. The van der Waals surface area contributed by atoms with Crippen molar-refractivity contribution in [2.24, 2.45) is 0 Å². The molecule has 0 amide bonds. The molecule has 1 heterocycles. The number of ether oxygens (including phenoxy) is 2. The molecule has 0 spiro atoms. The van der Waals surface area contributed by atoms with Crippen LogP contribution < -0.4 is 9.47 Å². The topological polar surface area (TPSA) is 56.5 Å². The Morgan fingerprint density at radius 2 is 2.10 bits per heavy atom. The van der Waals surface area contributed by atoms with Gasteiger partial charge in [0.2, 0.25) is 0 Å². The van der Waals surface area contributed by atoms with E-state index < -0.39 is 6.10 Å². The Kier molecular flexibility index (Phi) is 5.09. The molecule has 2 rings (SSSR count). The van der Waals surface area contributed by atoms with Gasteiger partial charge in [-0.05, 0) is 13.0 Å². The third-order valence-corrected chi connectivity index (χ3v) is 3.78. The molecule has 1 atom stereocenters. The minimum atomic E-state index is -0.759. The number of halogens is 1. The Bertz CT molecular complexity index is 613. The first-order valence-electron chi connectivity index (χ1n) is 6.70. The number of aliphatic hydroxyl groups excluding tert-OH is 1. The highest BCUT2D eigenvalue weighted by Crippen LogP contribution is 2.40. The fourth-order valence-corrected chi connectivity index (χ4v) is 2.62. The largest absolute Gasteiger partial charge is 0.493 e. The smallest absolute Gasteiger partial charge is 0.179 e. The fraction of sp³-hybridized carbons (Fsp3) is 0.400. The molecule has 1 unspecified atom stereocenters. The summed E-state index contributed by atoms with van der Waals surface area (Å²) in [7, 11) is 3.06. The Labute approximate surface area is 129 Å². The number of hydrogen-bond donors (Lipinski definition) is 1. The number of imidazole rings is 1. The first kappa shape index (κ1) is 15.7. The lowest BCUT2D eigenvalue weighted by atomic mass is 10.1. The summed E-state index contributed by atoms with van der Waals surface area (Å²) in [5.41, 5.74) is 0.597. The zero-order valence-corrected chi connectivity index (χ0v) is 13.1. The first-order chi connectivity index (χ1) is 10.1. The predicted octanol–water partition coefficient (Wildman–Crippen LogP) is 2.85. The summed E-state index contributed by atoms with van der Waals surface area (Å²) in [6.45, 7) is 2.84. The van der Waals surface area contributed by atoms with Crippen LogP contribution in [-0.4, -0.2) is 28.9 Å². The average molecular weight is 311 g/mol. The van der Waals surface area contributed by atoms with Crippen molar-refractivity contribution < 1.29 is 14.6 Å². The number of aliphatic hydroxyl groups is 1. The molecule has 6 heteroatoms. The zero-order chi connectivity index (χ0) is 15.4. The van der Waals surface area contributed by atoms with Gasteiger partial charge in [0.25, 0.3) is 0 Å². The molecular formula is C15H19ClN2O3. The van der Waals surface area contributed by atoms with Crippen molar-refractivity contribution in [3.05, 3.63) is 40.9 Å². The normalized spacial score (nSPS) is 12.2. The molecule has 1 N–H and O–H groups in total. The van der Waals surface area contributed by atoms with Gasteiger partial charge in [0.05, 0.1) is 25.3 Å². The third kappa shape index (κ3) is 3.14. The van der Waals surface area contributed by atoms with Crippen molar-refractivity contribution in [2.75, 3.05) is 14.2 Å². The van der Waals surface area contributed by atoms with Crippen LogP contribution in [0.15, 0.2) is 24.5 Å². The summed E-state index contributed by atoms with van der Waals surface area (Å²) in [6, 6.07) is 3.48. The van der Waals surface area contributed by atoms with Crippen molar-refractivity contribution in [3.8, 4) is 11.5 Å². The molecule has 0 bridgehead atoms. The minimum absolute atomic E-state index is 0.360. The number of hydrogen-bond acceptors (Lipinski definition) is 4. The van der Waals surface area contributed by atoms with Gasteiger partial charge >= 0.3 is 0 Å². The van der Waals surface area contributed by atoms with E-state index >= 15 is 0 Å². The van der Waals surface area contributed by atoms with Gasteiger partial charge in [-0.25, -0.2) is 4.98 Å². The molecule has 1 aromatic heterocycles. The van der Waals surface area contributed by atoms with Crippen molar-refractivity contribution in [1.29, 1.82) is 0 Å². The van der Waals surface area contributed by atoms with Crippen LogP contribution in [0.4, 0.5) is 0 Å². The van der Waals surface area contributed by atoms with Gasteiger partial charge in [0, 0.05) is 30.9 Å². The lowest BCUT2D eigenvalue weighted by Crippen LogP contribution is -2.09. The van der Waals surface area contributed by atoms with E-state index in [1.807, 2.05) is 17.7 Å². The van der Waals surface area contributed by atoms with Gasteiger partial charge < -0.3 is 19.1 Å². The van der Waals surface area contributed by atoms with Crippen LogP contribution in [0, 0.1) is 0 Å². The summed E-state index contributed by atoms with van der Waals surface area (Å²) in [6.07, 6.45) is 3.24. The third-order valence-electron chi connectivity index (χ3n) is 3.39. The van der Waals surface area contributed by atoms with E-state index in [0.717, 1.165) is 12.4 Å². The molecule has 0 aliphatic rings. The molecule has 0 aliphatic heterocycles. The Hall–Kier alpha value is -1.72. The van der Waals surface area contributed by atoms with E-state index in [1.165, 1.54) is 7.11 Å². The molecule has 2 aromatic rings. The minimum Gasteiger partial charge on any atom is -0.493 e. The number of benzene rings is 1. The standard InChI is InChI=1S/C15H19ClN2O3/c1-4-18-8-7-17-13(18)9-11(19)10-5-6-12(20-2)15(21-3)14(10)16/h5-8,11,19H,4,9H2,1-3H3. The van der Waals surface area contributed by atoms with Crippen molar-refractivity contribution in [2.45, 2.75) is 26.0 Å². The predicted molar refractivity (Wildman–Crippen MR) is 81.1 cm³/mol. The van der Waals surface area contributed by atoms with Gasteiger partial charge in [-0.3, -0.25) is 0 Å². The Morgan fingerprint density at radius 3 is 2.71 bits per heavy atom. The molecule has 1 aromatic carbocycles. The molecule has 5 nitrogen and oxygen atoms in total. The maximum absolute atomic E-state index is 10.4. The molecule has 0 radical (unpaired) electrons. The monoisotopic (exact) mass is 310 g/mol.